The number of nitrogen functional groups attached to an aromatic ring is 1. The standard InChI is InChI=1S/C10H15N3O.3ClH/c11-8-4-10(6-12-5-8)14-7-9-2-1-3-13-9;;;/h4-6,9,13H,1-3,7,11H2;3*1H/t9-;;;/m1.../s1. The molecular weight excluding hydrogens is 284 g/mol. The molecule has 1 saturated heterocycles. The summed E-state index contributed by atoms with van der Waals surface area (Å²) >= 11 is 0. The Bertz CT molecular complexity index is 309. The third kappa shape index (κ3) is 6.17. The first kappa shape index (κ1) is 18.9. The normalized spacial score (nSPS) is 17.3. The van der Waals surface area contributed by atoms with E-state index in [1.54, 1.807) is 18.5 Å². The molecular formula is C10H18Cl3N3O. The number of nitrogens with zero attached hydrogens (tertiary/aromatic N) is 1. The lowest BCUT2D eigenvalue weighted by atomic mass is 10.2. The number of hydrogen-bond acceptors (Lipinski definition) is 4. The van der Waals surface area contributed by atoms with Gasteiger partial charge < -0.3 is 15.8 Å². The number of aromatic nitrogens is 1. The largest absolute Gasteiger partial charge is 0.490 e. The Morgan fingerprint density at radius 3 is 2.71 bits per heavy atom. The molecule has 2 heterocycles. The quantitative estimate of drug-likeness (QED) is 0.897. The molecule has 0 spiro atoms. The third-order valence-electron chi connectivity index (χ3n) is 2.35. The monoisotopic (exact) mass is 301 g/mol. The van der Waals surface area contributed by atoms with Crippen LogP contribution in [0.3, 0.4) is 0 Å². The Hall–Kier alpha value is -0.420. The second-order valence-corrected chi connectivity index (χ2v) is 3.56. The van der Waals surface area contributed by atoms with Crippen molar-refractivity contribution in [1.82, 2.24) is 10.3 Å². The Morgan fingerprint density at radius 1 is 1.35 bits per heavy atom. The summed E-state index contributed by atoms with van der Waals surface area (Å²) in [7, 11) is 0. The molecule has 0 radical (unpaired) electrons. The van der Waals surface area contributed by atoms with Crippen molar-refractivity contribution in [2.24, 2.45) is 0 Å². The van der Waals surface area contributed by atoms with Crippen molar-refractivity contribution in [3.63, 3.8) is 0 Å². The van der Waals surface area contributed by atoms with Crippen molar-refractivity contribution in [2.75, 3.05) is 18.9 Å². The molecule has 1 aromatic rings. The molecule has 7 heteroatoms. The van der Waals surface area contributed by atoms with Gasteiger partial charge in [0.1, 0.15) is 12.4 Å². The van der Waals surface area contributed by atoms with Gasteiger partial charge in [-0.2, -0.15) is 0 Å². The van der Waals surface area contributed by atoms with E-state index in [2.05, 4.69) is 10.3 Å². The fourth-order valence-electron chi connectivity index (χ4n) is 1.61. The molecule has 0 saturated carbocycles. The van der Waals surface area contributed by atoms with E-state index in [0.717, 1.165) is 12.3 Å². The summed E-state index contributed by atoms with van der Waals surface area (Å²) in [6.07, 6.45) is 5.73. The maximum Gasteiger partial charge on any atom is 0.139 e. The average Bonchev–Trinajstić information content (AvgIpc) is 2.67. The highest BCUT2D eigenvalue weighted by Crippen LogP contribution is 2.13. The molecule has 2 rings (SSSR count). The molecule has 0 amide bonds. The average molecular weight is 303 g/mol. The van der Waals surface area contributed by atoms with E-state index in [-0.39, 0.29) is 37.2 Å². The lowest BCUT2D eigenvalue weighted by molar-refractivity contribution is 0.276. The first-order valence-corrected chi connectivity index (χ1v) is 4.91. The minimum Gasteiger partial charge on any atom is -0.490 e. The highest BCUT2D eigenvalue weighted by atomic mass is 35.5. The topological polar surface area (TPSA) is 60.2 Å². The van der Waals surface area contributed by atoms with Crippen molar-refractivity contribution >= 4 is 42.9 Å². The fourth-order valence-corrected chi connectivity index (χ4v) is 1.61. The summed E-state index contributed by atoms with van der Waals surface area (Å²) in [5.74, 6) is 0.749. The maximum atomic E-state index is 5.58. The van der Waals surface area contributed by atoms with Gasteiger partial charge in [-0.05, 0) is 19.4 Å². The van der Waals surface area contributed by atoms with Crippen molar-refractivity contribution in [3.8, 4) is 5.75 Å². The Balaban J connectivity index is 0. The molecule has 1 atom stereocenters. The van der Waals surface area contributed by atoms with Crippen LogP contribution in [-0.4, -0.2) is 24.2 Å². The predicted octanol–water partition coefficient (Wildman–Crippen LogP) is 2.06. The van der Waals surface area contributed by atoms with Crippen LogP contribution in [0.25, 0.3) is 0 Å². The van der Waals surface area contributed by atoms with Gasteiger partial charge in [0, 0.05) is 12.1 Å². The number of anilines is 1. The smallest absolute Gasteiger partial charge is 0.139 e. The molecule has 100 valence electrons. The Labute approximate surface area is 120 Å². The molecule has 0 bridgehead atoms. The zero-order valence-corrected chi connectivity index (χ0v) is 11.7. The SMILES string of the molecule is Cl.Cl.Cl.Nc1cncc(OC[C@H]2CCCN2)c1. The van der Waals surface area contributed by atoms with Crippen LogP contribution in [0.1, 0.15) is 12.8 Å². The van der Waals surface area contributed by atoms with Gasteiger partial charge in [0.05, 0.1) is 18.1 Å². The molecule has 1 aliphatic heterocycles. The number of halogens is 3. The lowest BCUT2D eigenvalue weighted by Gasteiger charge is -2.11. The fraction of sp³-hybridized carbons (Fsp3) is 0.500. The minimum absolute atomic E-state index is 0. The summed E-state index contributed by atoms with van der Waals surface area (Å²) in [4.78, 5) is 3.96. The summed E-state index contributed by atoms with van der Waals surface area (Å²) in [5, 5.41) is 3.36. The predicted molar refractivity (Wildman–Crippen MR) is 76.9 cm³/mol. The molecule has 0 aromatic carbocycles. The first-order chi connectivity index (χ1) is 6.84. The second-order valence-electron chi connectivity index (χ2n) is 3.56. The van der Waals surface area contributed by atoms with Crippen molar-refractivity contribution in [3.05, 3.63) is 18.5 Å². The van der Waals surface area contributed by atoms with Crippen LogP contribution in [0.15, 0.2) is 18.5 Å². The molecule has 1 fully saturated rings. The van der Waals surface area contributed by atoms with Crippen LogP contribution >= 0.6 is 37.2 Å². The van der Waals surface area contributed by atoms with Crippen LogP contribution in [0.4, 0.5) is 5.69 Å². The van der Waals surface area contributed by atoms with Crippen LogP contribution < -0.4 is 15.8 Å². The van der Waals surface area contributed by atoms with Crippen molar-refractivity contribution < 1.29 is 4.74 Å². The van der Waals surface area contributed by atoms with Crippen molar-refractivity contribution in [2.45, 2.75) is 18.9 Å². The van der Waals surface area contributed by atoms with Gasteiger partial charge in [0.15, 0.2) is 0 Å². The van der Waals surface area contributed by atoms with Gasteiger partial charge in [-0.1, -0.05) is 0 Å². The first-order valence-electron chi connectivity index (χ1n) is 4.91. The number of nitrogens with one attached hydrogen (secondary N) is 1. The number of nitrogens with two attached hydrogens (primary N) is 1. The zero-order valence-electron chi connectivity index (χ0n) is 9.30. The minimum atomic E-state index is 0. The van der Waals surface area contributed by atoms with Crippen molar-refractivity contribution in [1.29, 1.82) is 0 Å². The van der Waals surface area contributed by atoms with E-state index in [1.807, 2.05) is 0 Å². The molecule has 4 nitrogen and oxygen atoms in total. The summed E-state index contributed by atoms with van der Waals surface area (Å²) in [6.45, 7) is 1.80. The maximum absolute atomic E-state index is 5.58. The number of pyridine rings is 1. The van der Waals surface area contributed by atoms with Crippen LogP contribution in [0, 0.1) is 0 Å². The second kappa shape index (κ2) is 9.59. The molecule has 3 N–H and O–H groups in total. The molecule has 1 aromatic heterocycles. The van der Waals surface area contributed by atoms with E-state index >= 15 is 0 Å². The van der Waals surface area contributed by atoms with Gasteiger partial charge in [0.25, 0.3) is 0 Å². The van der Waals surface area contributed by atoms with Gasteiger partial charge in [0.2, 0.25) is 0 Å². The van der Waals surface area contributed by atoms with Crippen LogP contribution in [-0.2, 0) is 0 Å². The van der Waals surface area contributed by atoms with Crippen LogP contribution in [0.5, 0.6) is 5.75 Å². The van der Waals surface area contributed by atoms with Gasteiger partial charge in [-0.25, -0.2) is 0 Å². The Morgan fingerprint density at radius 2 is 2.12 bits per heavy atom. The van der Waals surface area contributed by atoms with E-state index in [1.165, 1.54) is 12.8 Å². The van der Waals surface area contributed by atoms with E-state index in [0.29, 0.717) is 18.3 Å². The third-order valence-corrected chi connectivity index (χ3v) is 2.35. The van der Waals surface area contributed by atoms with Gasteiger partial charge in [-0.15, -0.1) is 37.2 Å². The number of hydrogen-bond donors (Lipinski definition) is 2. The van der Waals surface area contributed by atoms with Crippen LogP contribution in [0.2, 0.25) is 0 Å². The summed E-state index contributed by atoms with van der Waals surface area (Å²) in [5.41, 5.74) is 6.22. The number of rotatable bonds is 3. The molecule has 0 unspecified atom stereocenters. The molecule has 17 heavy (non-hydrogen) atoms. The van der Waals surface area contributed by atoms with Gasteiger partial charge in [-0.3, -0.25) is 4.98 Å². The lowest BCUT2D eigenvalue weighted by Crippen LogP contribution is -2.28. The highest BCUT2D eigenvalue weighted by molar-refractivity contribution is 5.86. The number of ether oxygens (including phenoxy) is 1. The van der Waals surface area contributed by atoms with E-state index in [9.17, 15) is 0 Å². The Kier molecular flexibility index (Phi) is 10.7. The summed E-state index contributed by atoms with van der Waals surface area (Å²) in [6, 6.07) is 2.28. The molecule has 0 aliphatic carbocycles. The summed E-state index contributed by atoms with van der Waals surface area (Å²) < 4.78 is 5.57. The highest BCUT2D eigenvalue weighted by Gasteiger charge is 2.14. The zero-order chi connectivity index (χ0) is 9.80. The van der Waals surface area contributed by atoms with E-state index in [4.69, 9.17) is 10.5 Å². The van der Waals surface area contributed by atoms with E-state index < -0.39 is 0 Å². The van der Waals surface area contributed by atoms with Gasteiger partial charge >= 0.3 is 0 Å². The molecule has 1 aliphatic rings.